The Balaban J connectivity index is 1.70. The standard InChI is InChI=1S/C15H14N2O4/c1-10-12(17-15(21-10)13-3-2-6-19-13)9-20-14-5-4-11(8-18)7-16-14/h2-7,18H,8-9H2,1H3. The molecule has 0 spiro atoms. The normalized spacial score (nSPS) is 10.8. The van der Waals surface area contributed by atoms with Gasteiger partial charge in [0.2, 0.25) is 5.88 Å². The monoisotopic (exact) mass is 286 g/mol. The van der Waals surface area contributed by atoms with E-state index in [-0.39, 0.29) is 13.2 Å². The number of hydrogen-bond acceptors (Lipinski definition) is 6. The average molecular weight is 286 g/mol. The molecule has 0 aliphatic rings. The third kappa shape index (κ3) is 2.95. The molecule has 1 N–H and O–H groups in total. The molecule has 0 fully saturated rings. The molecule has 0 saturated carbocycles. The summed E-state index contributed by atoms with van der Waals surface area (Å²) in [7, 11) is 0. The van der Waals surface area contributed by atoms with Crippen molar-refractivity contribution in [1.29, 1.82) is 0 Å². The molecular weight excluding hydrogens is 272 g/mol. The number of aryl methyl sites for hydroxylation is 1. The first-order valence-corrected chi connectivity index (χ1v) is 6.45. The fraction of sp³-hybridized carbons (Fsp3) is 0.200. The number of rotatable bonds is 5. The molecule has 3 heterocycles. The summed E-state index contributed by atoms with van der Waals surface area (Å²) < 4.78 is 16.3. The Bertz CT molecular complexity index is 702. The number of furan rings is 1. The maximum atomic E-state index is 8.95. The van der Waals surface area contributed by atoms with E-state index >= 15 is 0 Å². The first-order valence-electron chi connectivity index (χ1n) is 6.45. The topological polar surface area (TPSA) is 81.5 Å². The lowest BCUT2D eigenvalue weighted by Crippen LogP contribution is -1.99. The maximum Gasteiger partial charge on any atom is 0.263 e. The number of hydrogen-bond donors (Lipinski definition) is 1. The summed E-state index contributed by atoms with van der Waals surface area (Å²) >= 11 is 0. The van der Waals surface area contributed by atoms with E-state index in [2.05, 4.69) is 9.97 Å². The molecule has 3 aromatic heterocycles. The van der Waals surface area contributed by atoms with Gasteiger partial charge in [0.1, 0.15) is 18.1 Å². The zero-order chi connectivity index (χ0) is 14.7. The molecule has 21 heavy (non-hydrogen) atoms. The van der Waals surface area contributed by atoms with Crippen molar-refractivity contribution in [3.8, 4) is 17.5 Å². The van der Waals surface area contributed by atoms with Gasteiger partial charge in [-0.2, -0.15) is 0 Å². The summed E-state index contributed by atoms with van der Waals surface area (Å²) in [5, 5.41) is 8.95. The molecule has 3 aromatic rings. The van der Waals surface area contributed by atoms with Gasteiger partial charge in [0.05, 0.1) is 12.9 Å². The maximum absolute atomic E-state index is 8.95. The van der Waals surface area contributed by atoms with Gasteiger partial charge in [0, 0.05) is 12.3 Å². The summed E-state index contributed by atoms with van der Waals surface area (Å²) in [5.41, 5.74) is 1.43. The molecule has 6 nitrogen and oxygen atoms in total. The summed E-state index contributed by atoms with van der Waals surface area (Å²) in [4.78, 5) is 8.44. The van der Waals surface area contributed by atoms with Crippen molar-refractivity contribution in [1.82, 2.24) is 9.97 Å². The van der Waals surface area contributed by atoms with Crippen molar-refractivity contribution >= 4 is 0 Å². The number of aromatic nitrogens is 2. The van der Waals surface area contributed by atoms with Crippen LogP contribution in [0.5, 0.6) is 5.88 Å². The highest BCUT2D eigenvalue weighted by Gasteiger charge is 2.14. The van der Waals surface area contributed by atoms with Crippen LogP contribution in [0.4, 0.5) is 0 Å². The van der Waals surface area contributed by atoms with Gasteiger partial charge in [0.25, 0.3) is 5.89 Å². The predicted octanol–water partition coefficient (Wildman–Crippen LogP) is 2.71. The minimum absolute atomic E-state index is 0.0395. The van der Waals surface area contributed by atoms with Crippen molar-refractivity contribution in [2.45, 2.75) is 20.1 Å². The Labute approximate surface area is 121 Å². The molecule has 0 unspecified atom stereocenters. The number of ether oxygens (including phenoxy) is 1. The minimum Gasteiger partial charge on any atom is -0.471 e. The third-order valence-electron chi connectivity index (χ3n) is 2.96. The largest absolute Gasteiger partial charge is 0.471 e. The second kappa shape index (κ2) is 5.80. The molecule has 0 aliphatic heterocycles. The smallest absolute Gasteiger partial charge is 0.263 e. The quantitative estimate of drug-likeness (QED) is 0.776. The van der Waals surface area contributed by atoms with Crippen molar-refractivity contribution in [2.24, 2.45) is 0 Å². The zero-order valence-corrected chi connectivity index (χ0v) is 11.4. The van der Waals surface area contributed by atoms with Crippen molar-refractivity contribution in [2.75, 3.05) is 0 Å². The molecule has 108 valence electrons. The second-order valence-corrected chi connectivity index (χ2v) is 4.45. The van der Waals surface area contributed by atoms with Gasteiger partial charge in [0.15, 0.2) is 5.76 Å². The lowest BCUT2D eigenvalue weighted by Gasteiger charge is -2.03. The number of oxazole rings is 1. The van der Waals surface area contributed by atoms with Crippen LogP contribution in [0.1, 0.15) is 17.0 Å². The van der Waals surface area contributed by atoms with Gasteiger partial charge < -0.3 is 18.7 Å². The van der Waals surface area contributed by atoms with Crippen LogP contribution in [0.25, 0.3) is 11.7 Å². The highest BCUT2D eigenvalue weighted by Crippen LogP contribution is 2.22. The Hall–Kier alpha value is -2.60. The van der Waals surface area contributed by atoms with Gasteiger partial charge in [-0.25, -0.2) is 9.97 Å². The Morgan fingerprint density at radius 3 is 2.86 bits per heavy atom. The van der Waals surface area contributed by atoms with Crippen LogP contribution in [-0.2, 0) is 13.2 Å². The number of aliphatic hydroxyl groups is 1. The van der Waals surface area contributed by atoms with E-state index in [1.165, 1.54) is 0 Å². The number of aliphatic hydroxyl groups excluding tert-OH is 1. The predicted molar refractivity (Wildman–Crippen MR) is 73.4 cm³/mol. The lowest BCUT2D eigenvalue weighted by molar-refractivity contribution is 0.276. The zero-order valence-electron chi connectivity index (χ0n) is 11.4. The first kappa shape index (κ1) is 13.4. The van der Waals surface area contributed by atoms with Crippen LogP contribution < -0.4 is 4.74 Å². The van der Waals surface area contributed by atoms with Crippen LogP contribution in [0.15, 0.2) is 45.6 Å². The molecule has 0 amide bonds. The highest BCUT2D eigenvalue weighted by molar-refractivity contribution is 5.44. The molecule has 3 rings (SSSR count). The van der Waals surface area contributed by atoms with Crippen LogP contribution in [0, 0.1) is 6.92 Å². The number of pyridine rings is 1. The molecule has 0 atom stereocenters. The van der Waals surface area contributed by atoms with E-state index in [4.69, 9.17) is 18.7 Å². The van der Waals surface area contributed by atoms with Crippen molar-refractivity contribution < 1.29 is 18.7 Å². The van der Waals surface area contributed by atoms with E-state index in [9.17, 15) is 0 Å². The van der Waals surface area contributed by atoms with Crippen molar-refractivity contribution in [3.05, 3.63) is 53.7 Å². The van der Waals surface area contributed by atoms with Crippen LogP contribution in [-0.4, -0.2) is 15.1 Å². The van der Waals surface area contributed by atoms with Crippen LogP contribution >= 0.6 is 0 Å². The van der Waals surface area contributed by atoms with Gasteiger partial charge in [-0.05, 0) is 30.7 Å². The number of nitrogens with zero attached hydrogens (tertiary/aromatic N) is 2. The molecule has 0 radical (unpaired) electrons. The van der Waals surface area contributed by atoms with Crippen LogP contribution in [0.3, 0.4) is 0 Å². The van der Waals surface area contributed by atoms with Gasteiger partial charge >= 0.3 is 0 Å². The molecular formula is C15H14N2O4. The fourth-order valence-corrected chi connectivity index (χ4v) is 1.80. The summed E-state index contributed by atoms with van der Waals surface area (Å²) in [6.45, 7) is 2.03. The minimum atomic E-state index is -0.0395. The molecule has 0 saturated heterocycles. The summed E-state index contributed by atoms with van der Waals surface area (Å²) in [5.74, 6) is 2.15. The van der Waals surface area contributed by atoms with Gasteiger partial charge in [-0.15, -0.1) is 0 Å². The Kier molecular flexibility index (Phi) is 3.70. The highest BCUT2D eigenvalue weighted by atomic mass is 16.5. The van der Waals surface area contributed by atoms with E-state index < -0.39 is 0 Å². The summed E-state index contributed by atoms with van der Waals surface area (Å²) in [6.07, 6.45) is 3.14. The fourth-order valence-electron chi connectivity index (χ4n) is 1.80. The third-order valence-corrected chi connectivity index (χ3v) is 2.96. The van der Waals surface area contributed by atoms with E-state index in [0.29, 0.717) is 29.0 Å². The molecule has 6 heteroatoms. The lowest BCUT2D eigenvalue weighted by atomic mass is 10.3. The Morgan fingerprint density at radius 2 is 2.19 bits per heavy atom. The SMILES string of the molecule is Cc1oc(-c2ccco2)nc1COc1ccc(CO)cn1. The van der Waals surface area contributed by atoms with Crippen molar-refractivity contribution in [3.63, 3.8) is 0 Å². The van der Waals surface area contributed by atoms with E-state index in [0.717, 1.165) is 5.56 Å². The van der Waals surface area contributed by atoms with E-state index in [1.807, 2.05) is 6.92 Å². The second-order valence-electron chi connectivity index (χ2n) is 4.45. The molecule has 0 bridgehead atoms. The Morgan fingerprint density at radius 1 is 1.29 bits per heavy atom. The first-order chi connectivity index (χ1) is 10.3. The van der Waals surface area contributed by atoms with Crippen LogP contribution in [0.2, 0.25) is 0 Å². The van der Waals surface area contributed by atoms with Gasteiger partial charge in [-0.1, -0.05) is 0 Å². The van der Waals surface area contributed by atoms with E-state index in [1.54, 1.807) is 36.7 Å². The molecule has 0 aromatic carbocycles. The molecule has 0 aliphatic carbocycles. The summed E-state index contributed by atoms with van der Waals surface area (Å²) in [6, 6.07) is 7.02. The average Bonchev–Trinajstić information content (AvgIpc) is 3.15. The van der Waals surface area contributed by atoms with Gasteiger partial charge in [-0.3, -0.25) is 0 Å².